The number of hydrogen-bond donors (Lipinski definition) is 0. The smallest absolute Gasteiger partial charge is 0.272 e. The third kappa shape index (κ3) is 3.36. The lowest BCUT2D eigenvalue weighted by atomic mass is 10.1. The van der Waals surface area contributed by atoms with E-state index < -0.39 is 11.7 Å². The van der Waals surface area contributed by atoms with Crippen molar-refractivity contribution in [2.75, 3.05) is 0 Å². The minimum atomic E-state index is -4.27. The number of halogens is 3. The van der Waals surface area contributed by atoms with Gasteiger partial charge in [-0.2, -0.15) is 18.3 Å². The van der Waals surface area contributed by atoms with Gasteiger partial charge in [0.15, 0.2) is 0 Å². The van der Waals surface area contributed by atoms with Gasteiger partial charge >= 0.3 is 6.18 Å². The molecule has 1 aromatic carbocycles. The molecule has 0 fully saturated rings. The largest absolute Gasteiger partial charge is 0.416 e. The number of alkyl halides is 3. The lowest BCUT2D eigenvalue weighted by molar-refractivity contribution is -0.137. The minimum absolute atomic E-state index is 0.604. The zero-order valence-corrected chi connectivity index (χ0v) is 10.8. The fraction of sp³-hybridized carbons (Fsp3) is 0.357. The van der Waals surface area contributed by atoms with Crippen LogP contribution in [-0.4, -0.2) is 9.78 Å². The van der Waals surface area contributed by atoms with Gasteiger partial charge in [0.2, 0.25) is 0 Å². The van der Waals surface area contributed by atoms with Crippen molar-refractivity contribution in [2.45, 2.75) is 25.9 Å². The quantitative estimate of drug-likeness (QED) is 0.832. The lowest BCUT2D eigenvalue weighted by Gasteiger charge is -2.07. The van der Waals surface area contributed by atoms with Crippen molar-refractivity contribution in [3.63, 3.8) is 0 Å². The van der Waals surface area contributed by atoms with Crippen LogP contribution < -0.4 is 0 Å². The molecule has 0 radical (unpaired) electrons. The Morgan fingerprint density at radius 3 is 2.21 bits per heavy atom. The van der Waals surface area contributed by atoms with Crippen LogP contribution in [0.25, 0.3) is 0 Å². The van der Waals surface area contributed by atoms with Crippen molar-refractivity contribution >= 4 is 0 Å². The highest BCUT2D eigenvalue weighted by Gasteiger charge is 2.29. The first-order valence-corrected chi connectivity index (χ1v) is 6.02. The topological polar surface area (TPSA) is 17.8 Å². The fourth-order valence-electron chi connectivity index (χ4n) is 2.03. The van der Waals surface area contributed by atoms with Crippen molar-refractivity contribution < 1.29 is 13.2 Å². The Labute approximate surface area is 109 Å². The Bertz CT molecular complexity index is 553. The zero-order valence-electron chi connectivity index (χ0n) is 10.8. The van der Waals surface area contributed by atoms with E-state index in [-0.39, 0.29) is 0 Å². The van der Waals surface area contributed by atoms with Crippen molar-refractivity contribution in [3.05, 3.63) is 52.8 Å². The van der Waals surface area contributed by atoms with E-state index in [9.17, 15) is 13.2 Å². The number of aromatic nitrogens is 2. The van der Waals surface area contributed by atoms with Gasteiger partial charge in [0, 0.05) is 12.7 Å². The number of hydrogen-bond acceptors (Lipinski definition) is 1. The Hall–Kier alpha value is -1.78. The van der Waals surface area contributed by atoms with E-state index in [4.69, 9.17) is 0 Å². The maximum atomic E-state index is 12.4. The Kier molecular flexibility index (Phi) is 3.64. The van der Waals surface area contributed by atoms with E-state index in [0.29, 0.717) is 6.42 Å². The highest BCUT2D eigenvalue weighted by molar-refractivity contribution is 5.25. The number of rotatable bonds is 3. The molecule has 0 saturated heterocycles. The molecule has 2 rings (SSSR count). The molecule has 0 amide bonds. The van der Waals surface area contributed by atoms with Gasteiger partial charge in [-0.15, -0.1) is 0 Å². The van der Waals surface area contributed by atoms with Crippen molar-refractivity contribution in [1.82, 2.24) is 9.78 Å². The van der Waals surface area contributed by atoms with Gasteiger partial charge in [-0.3, -0.25) is 4.68 Å². The molecule has 1 aromatic heterocycles. The van der Waals surface area contributed by atoms with E-state index in [1.54, 1.807) is 4.68 Å². The third-order valence-electron chi connectivity index (χ3n) is 3.05. The second-order valence-corrected chi connectivity index (χ2v) is 4.60. The maximum absolute atomic E-state index is 12.4. The van der Waals surface area contributed by atoms with Crippen LogP contribution in [0.4, 0.5) is 13.2 Å². The van der Waals surface area contributed by atoms with Crippen molar-refractivity contribution in [1.29, 1.82) is 0 Å². The molecule has 2 nitrogen and oxygen atoms in total. The molecular weight excluding hydrogens is 253 g/mol. The summed E-state index contributed by atoms with van der Waals surface area (Å²) in [5.74, 6) is 0. The van der Waals surface area contributed by atoms with E-state index in [1.165, 1.54) is 12.1 Å². The van der Waals surface area contributed by atoms with Gasteiger partial charge in [-0.1, -0.05) is 12.1 Å². The molecule has 0 aliphatic rings. The molecule has 5 heteroatoms. The van der Waals surface area contributed by atoms with Crippen LogP contribution in [0.3, 0.4) is 0 Å². The molecule has 0 spiro atoms. The first-order valence-electron chi connectivity index (χ1n) is 6.02. The number of nitrogens with zero attached hydrogens (tertiary/aromatic N) is 2. The number of aryl methyl sites for hydroxylation is 4. The molecule has 19 heavy (non-hydrogen) atoms. The van der Waals surface area contributed by atoms with E-state index in [2.05, 4.69) is 5.10 Å². The second kappa shape index (κ2) is 5.07. The summed E-state index contributed by atoms with van der Waals surface area (Å²) in [5, 5.41) is 4.24. The molecular formula is C14H15F3N2. The molecule has 0 atom stereocenters. The minimum Gasteiger partial charge on any atom is -0.272 e. The van der Waals surface area contributed by atoms with E-state index in [0.717, 1.165) is 35.5 Å². The van der Waals surface area contributed by atoms with Crippen LogP contribution >= 0.6 is 0 Å². The summed E-state index contributed by atoms with van der Waals surface area (Å²) in [6.07, 6.45) is -2.79. The molecule has 0 unspecified atom stereocenters. The van der Waals surface area contributed by atoms with Crippen molar-refractivity contribution in [2.24, 2.45) is 7.05 Å². The van der Waals surface area contributed by atoms with Crippen LogP contribution in [0.1, 0.15) is 22.5 Å². The van der Waals surface area contributed by atoms with E-state index >= 15 is 0 Å². The predicted octanol–water partition coefficient (Wildman–Crippen LogP) is 3.53. The normalized spacial score (nSPS) is 11.8. The average molecular weight is 268 g/mol. The lowest BCUT2D eigenvalue weighted by Crippen LogP contribution is -2.05. The molecule has 2 aromatic rings. The van der Waals surface area contributed by atoms with Gasteiger partial charge in [-0.25, -0.2) is 0 Å². The molecule has 0 N–H and O–H groups in total. The number of benzene rings is 1. The van der Waals surface area contributed by atoms with Crippen LogP contribution in [0.15, 0.2) is 30.3 Å². The highest BCUT2D eigenvalue weighted by atomic mass is 19.4. The van der Waals surface area contributed by atoms with Crippen LogP contribution in [-0.2, 0) is 26.1 Å². The Balaban J connectivity index is 2.02. The van der Waals surface area contributed by atoms with Gasteiger partial charge in [0.05, 0.1) is 11.3 Å². The SMILES string of the molecule is Cc1cc(CCc2ccc(C(F)(F)F)cc2)n(C)n1. The molecule has 0 aliphatic carbocycles. The van der Waals surface area contributed by atoms with Gasteiger partial charge in [0.1, 0.15) is 0 Å². The van der Waals surface area contributed by atoms with Gasteiger partial charge in [0.25, 0.3) is 0 Å². The zero-order chi connectivity index (χ0) is 14.0. The van der Waals surface area contributed by atoms with Gasteiger partial charge in [-0.05, 0) is 43.5 Å². The summed E-state index contributed by atoms with van der Waals surface area (Å²) in [5.41, 5.74) is 2.32. The Morgan fingerprint density at radius 1 is 1.11 bits per heavy atom. The summed E-state index contributed by atoms with van der Waals surface area (Å²) >= 11 is 0. The monoisotopic (exact) mass is 268 g/mol. The third-order valence-corrected chi connectivity index (χ3v) is 3.05. The summed E-state index contributed by atoms with van der Waals surface area (Å²) in [6, 6.07) is 7.32. The average Bonchev–Trinajstić information content (AvgIpc) is 2.65. The first kappa shape index (κ1) is 13.6. The summed E-state index contributed by atoms with van der Waals surface area (Å²) in [4.78, 5) is 0. The van der Waals surface area contributed by atoms with Crippen LogP contribution in [0, 0.1) is 6.92 Å². The molecule has 1 heterocycles. The van der Waals surface area contributed by atoms with Crippen LogP contribution in [0.2, 0.25) is 0 Å². The van der Waals surface area contributed by atoms with Crippen LogP contribution in [0.5, 0.6) is 0 Å². The molecule has 0 saturated carbocycles. The molecule has 0 aliphatic heterocycles. The standard InChI is InChI=1S/C14H15F3N2/c1-10-9-13(19(2)18-10)8-5-11-3-6-12(7-4-11)14(15,16)17/h3-4,6-7,9H,5,8H2,1-2H3. The second-order valence-electron chi connectivity index (χ2n) is 4.60. The van der Waals surface area contributed by atoms with E-state index in [1.807, 2.05) is 20.0 Å². The Morgan fingerprint density at radius 2 is 1.74 bits per heavy atom. The predicted molar refractivity (Wildman–Crippen MR) is 66.8 cm³/mol. The van der Waals surface area contributed by atoms with Gasteiger partial charge < -0.3 is 0 Å². The summed E-state index contributed by atoms with van der Waals surface area (Å²) in [7, 11) is 1.87. The first-order chi connectivity index (χ1) is 8.86. The summed E-state index contributed by atoms with van der Waals surface area (Å²) in [6.45, 7) is 1.92. The molecule has 0 bridgehead atoms. The van der Waals surface area contributed by atoms with Crippen molar-refractivity contribution in [3.8, 4) is 0 Å². The fourth-order valence-corrected chi connectivity index (χ4v) is 2.03. The molecule has 102 valence electrons. The maximum Gasteiger partial charge on any atom is 0.416 e. The summed E-state index contributed by atoms with van der Waals surface area (Å²) < 4.78 is 39.0. The highest BCUT2D eigenvalue weighted by Crippen LogP contribution is 2.29.